The number of hydrogen-bond acceptors (Lipinski definition) is 7. The summed E-state index contributed by atoms with van der Waals surface area (Å²) < 4.78 is 16.4. The Hall–Kier alpha value is -3.39. The Bertz CT molecular complexity index is 1290. The van der Waals surface area contributed by atoms with Crippen LogP contribution in [0.15, 0.2) is 60.7 Å². The molecule has 6 atom stereocenters. The molecule has 0 heterocycles. The van der Waals surface area contributed by atoms with Gasteiger partial charge in [0.2, 0.25) is 0 Å². The van der Waals surface area contributed by atoms with Gasteiger partial charge < -0.3 is 25.3 Å². The molecule has 0 bridgehead atoms. The summed E-state index contributed by atoms with van der Waals surface area (Å²) in [7, 11) is 0. The number of nitrogens with two attached hydrogens (primary N) is 1. The van der Waals surface area contributed by atoms with Gasteiger partial charge in [0.25, 0.3) is 0 Å². The predicted octanol–water partition coefficient (Wildman–Crippen LogP) is 6.48. The van der Waals surface area contributed by atoms with Crippen molar-refractivity contribution in [1.29, 1.82) is 0 Å². The molecule has 0 spiro atoms. The first-order chi connectivity index (χ1) is 19.6. The molecule has 2 aliphatic carbocycles. The van der Waals surface area contributed by atoms with Crippen molar-refractivity contribution >= 4 is 18.0 Å². The molecule has 2 fully saturated rings. The largest absolute Gasteiger partial charge is 0.459 e. The second-order valence-electron chi connectivity index (χ2n) is 14.8. The Balaban J connectivity index is 0.000000248. The van der Waals surface area contributed by atoms with E-state index >= 15 is 0 Å². The molecule has 2 unspecified atom stereocenters. The number of nitrogens with one attached hydrogen (secondary N) is 1. The van der Waals surface area contributed by atoms with Gasteiger partial charge in [0.15, 0.2) is 5.54 Å². The maximum Gasteiger partial charge on any atom is 0.408 e. The van der Waals surface area contributed by atoms with Gasteiger partial charge in [0.05, 0.1) is 0 Å². The lowest BCUT2D eigenvalue weighted by Gasteiger charge is -2.27. The summed E-state index contributed by atoms with van der Waals surface area (Å²) in [6, 6.07) is 19.6. The maximum absolute atomic E-state index is 12.9. The Kier molecular flexibility index (Phi) is 9.48. The first kappa shape index (κ1) is 34.1. The van der Waals surface area contributed by atoms with Gasteiger partial charge in [-0.15, -0.1) is 0 Å². The van der Waals surface area contributed by atoms with E-state index in [4.69, 9.17) is 19.9 Å². The monoisotopic (exact) mass is 594 g/mol. The minimum Gasteiger partial charge on any atom is -0.459 e. The van der Waals surface area contributed by atoms with E-state index in [0.29, 0.717) is 0 Å². The quantitative estimate of drug-likeness (QED) is 0.300. The summed E-state index contributed by atoms with van der Waals surface area (Å²) in [5.41, 5.74) is 4.61. The number of amides is 1. The number of alkyl carbamates (subject to hydrolysis) is 1. The van der Waals surface area contributed by atoms with Gasteiger partial charge in [-0.25, -0.2) is 9.59 Å². The van der Waals surface area contributed by atoms with Crippen LogP contribution in [0.4, 0.5) is 4.79 Å². The third-order valence-electron chi connectivity index (χ3n) is 7.77. The van der Waals surface area contributed by atoms with E-state index in [1.807, 2.05) is 116 Å². The lowest BCUT2D eigenvalue weighted by Crippen LogP contribution is -2.50. The van der Waals surface area contributed by atoms with Gasteiger partial charge in [-0.3, -0.25) is 4.79 Å². The smallest absolute Gasteiger partial charge is 0.408 e. The normalized spacial score (nSPS) is 28.0. The van der Waals surface area contributed by atoms with E-state index in [-0.39, 0.29) is 29.6 Å². The molecule has 2 aromatic rings. The third-order valence-corrected chi connectivity index (χ3v) is 7.77. The summed E-state index contributed by atoms with van der Waals surface area (Å²) in [6.45, 7) is 20.3. The molecule has 236 valence electrons. The van der Waals surface area contributed by atoms with Gasteiger partial charge in [-0.05, 0) is 79.4 Å². The summed E-state index contributed by atoms with van der Waals surface area (Å²) in [5, 5.41) is 2.81. The van der Waals surface area contributed by atoms with E-state index in [1.165, 1.54) is 0 Å². The number of benzene rings is 2. The first-order valence-corrected chi connectivity index (χ1v) is 15.0. The van der Waals surface area contributed by atoms with Crippen molar-refractivity contribution in [3.8, 4) is 0 Å². The lowest BCUT2D eigenvalue weighted by atomic mass is 10.1. The molecule has 0 aromatic heterocycles. The van der Waals surface area contributed by atoms with Crippen LogP contribution in [0.1, 0.15) is 99.1 Å². The average molecular weight is 595 g/mol. The fourth-order valence-electron chi connectivity index (χ4n) is 5.65. The van der Waals surface area contributed by atoms with Crippen molar-refractivity contribution in [3.63, 3.8) is 0 Å². The van der Waals surface area contributed by atoms with Crippen LogP contribution in [0.25, 0.3) is 0 Å². The molecule has 2 aliphatic rings. The maximum atomic E-state index is 12.9. The minimum absolute atomic E-state index is 0.0635. The standard InChI is InChI=1S/C20H29NO4.C15H21NO2/c1-13-15(14-11-9-8-10-12-14)20(13,16(22)24-18(2,3)4)21-17(23)25-19(5,6)7;1-10-12(11-8-6-5-7-9-11)15(10,16)13(17)18-14(2,3)4/h8-13,15H,1-7H3,(H,21,23);5-10,12H,16H2,1-4H3/t13-,15?,20-;10-,12?,15-/m00/s1. The van der Waals surface area contributed by atoms with E-state index in [2.05, 4.69) is 5.32 Å². The molecular formula is C35H50N2O6. The summed E-state index contributed by atoms with van der Waals surface area (Å²) in [5.74, 6) is -0.764. The number of hydrogen-bond donors (Lipinski definition) is 2. The molecule has 2 saturated carbocycles. The van der Waals surface area contributed by atoms with Crippen LogP contribution in [-0.4, -0.2) is 45.9 Å². The van der Waals surface area contributed by atoms with Crippen molar-refractivity contribution in [3.05, 3.63) is 71.8 Å². The van der Waals surface area contributed by atoms with E-state index in [1.54, 1.807) is 20.8 Å². The molecule has 4 rings (SSSR count). The van der Waals surface area contributed by atoms with Crippen molar-refractivity contribution in [2.45, 2.75) is 116 Å². The number of carbonyl (C=O) groups is 3. The topological polar surface area (TPSA) is 117 Å². The first-order valence-electron chi connectivity index (χ1n) is 15.0. The highest BCUT2D eigenvalue weighted by atomic mass is 16.6. The zero-order chi connectivity index (χ0) is 32.6. The van der Waals surface area contributed by atoms with Crippen LogP contribution in [0.3, 0.4) is 0 Å². The Morgan fingerprint density at radius 2 is 1.02 bits per heavy atom. The van der Waals surface area contributed by atoms with Crippen LogP contribution in [-0.2, 0) is 23.8 Å². The Morgan fingerprint density at radius 3 is 1.44 bits per heavy atom. The van der Waals surface area contributed by atoms with Crippen molar-refractivity contribution in [2.75, 3.05) is 0 Å². The zero-order valence-corrected chi connectivity index (χ0v) is 27.6. The lowest BCUT2D eigenvalue weighted by molar-refractivity contribution is -0.160. The fourth-order valence-corrected chi connectivity index (χ4v) is 5.65. The number of carbonyl (C=O) groups excluding carboxylic acids is 3. The molecule has 0 radical (unpaired) electrons. The second-order valence-corrected chi connectivity index (χ2v) is 14.8. The van der Waals surface area contributed by atoms with E-state index in [9.17, 15) is 14.4 Å². The summed E-state index contributed by atoms with van der Waals surface area (Å²) >= 11 is 0. The SMILES string of the molecule is C[C@H]1C(c2ccccc2)[C@]1(N)C(=O)OC(C)(C)C.C[C@H]1C(c2ccccc2)[C@]1(NC(=O)OC(C)(C)C)C(=O)OC(C)(C)C. The van der Waals surface area contributed by atoms with Crippen molar-refractivity contribution < 1.29 is 28.6 Å². The van der Waals surface area contributed by atoms with Gasteiger partial charge in [-0.1, -0.05) is 74.5 Å². The Morgan fingerprint density at radius 1 is 0.628 bits per heavy atom. The predicted molar refractivity (Wildman–Crippen MR) is 167 cm³/mol. The highest BCUT2D eigenvalue weighted by Crippen LogP contribution is 2.58. The number of esters is 2. The average Bonchev–Trinajstić information content (AvgIpc) is 3.66. The highest BCUT2D eigenvalue weighted by molar-refractivity contribution is 5.92. The zero-order valence-electron chi connectivity index (χ0n) is 27.6. The molecule has 2 aromatic carbocycles. The van der Waals surface area contributed by atoms with Crippen LogP contribution in [0.5, 0.6) is 0 Å². The molecule has 3 N–H and O–H groups in total. The molecule has 1 amide bonds. The number of rotatable bonds is 5. The fraction of sp³-hybridized carbons (Fsp3) is 0.571. The highest BCUT2D eigenvalue weighted by Gasteiger charge is 2.70. The summed E-state index contributed by atoms with van der Waals surface area (Å²) in [6.07, 6.45) is -0.608. The molecule has 8 nitrogen and oxygen atoms in total. The van der Waals surface area contributed by atoms with Gasteiger partial charge >= 0.3 is 18.0 Å². The van der Waals surface area contributed by atoms with E-state index in [0.717, 1.165) is 11.1 Å². The van der Waals surface area contributed by atoms with Gasteiger partial charge in [0, 0.05) is 17.8 Å². The van der Waals surface area contributed by atoms with E-state index < -0.39 is 39.9 Å². The molecular weight excluding hydrogens is 544 g/mol. The van der Waals surface area contributed by atoms with Crippen LogP contribution in [0.2, 0.25) is 0 Å². The van der Waals surface area contributed by atoms with Crippen LogP contribution < -0.4 is 11.1 Å². The second kappa shape index (κ2) is 11.9. The van der Waals surface area contributed by atoms with Crippen molar-refractivity contribution in [2.24, 2.45) is 17.6 Å². The minimum atomic E-state index is -1.10. The van der Waals surface area contributed by atoms with Crippen LogP contribution in [0, 0.1) is 11.8 Å². The molecule has 0 aliphatic heterocycles. The third kappa shape index (κ3) is 7.96. The molecule has 43 heavy (non-hydrogen) atoms. The molecule has 8 heteroatoms. The number of ether oxygens (including phenoxy) is 3. The molecule has 0 saturated heterocycles. The van der Waals surface area contributed by atoms with Crippen LogP contribution >= 0.6 is 0 Å². The Labute approximate surface area is 257 Å². The van der Waals surface area contributed by atoms with Gasteiger partial charge in [-0.2, -0.15) is 0 Å². The summed E-state index contributed by atoms with van der Waals surface area (Å²) in [4.78, 5) is 37.5. The van der Waals surface area contributed by atoms with Gasteiger partial charge in [0.1, 0.15) is 22.3 Å². The van der Waals surface area contributed by atoms with Crippen molar-refractivity contribution in [1.82, 2.24) is 5.32 Å².